The molecular weight excluding hydrogens is 430 g/mol. The number of nitrogens with zero attached hydrogens (tertiary/aromatic N) is 1. The van der Waals surface area contributed by atoms with Crippen LogP contribution in [0.15, 0.2) is 45.6 Å². The van der Waals surface area contributed by atoms with E-state index in [2.05, 4.69) is 11.8 Å². The lowest BCUT2D eigenvalue weighted by atomic mass is 9.85. The summed E-state index contributed by atoms with van der Waals surface area (Å²) >= 11 is 6.38. The molecule has 4 rings (SSSR count). The van der Waals surface area contributed by atoms with Crippen LogP contribution in [0, 0.1) is 0 Å². The minimum Gasteiger partial charge on any atom is -0.496 e. The number of piperidine rings is 1. The topological polar surface area (TPSA) is 72.1 Å². The number of halogens is 1. The van der Waals surface area contributed by atoms with Crippen molar-refractivity contribution in [3.8, 4) is 22.8 Å². The van der Waals surface area contributed by atoms with Crippen molar-refractivity contribution in [2.24, 2.45) is 0 Å². The average molecular weight is 458 g/mol. The van der Waals surface area contributed by atoms with Gasteiger partial charge in [-0.3, -0.25) is 4.79 Å². The molecule has 1 aliphatic heterocycles. The van der Waals surface area contributed by atoms with Gasteiger partial charge in [-0.15, -0.1) is 0 Å². The Hall–Kier alpha value is -2.54. The van der Waals surface area contributed by atoms with Gasteiger partial charge in [0.1, 0.15) is 28.2 Å². The van der Waals surface area contributed by atoms with Crippen LogP contribution in [0.25, 0.3) is 22.3 Å². The van der Waals surface area contributed by atoms with Crippen molar-refractivity contribution in [3.63, 3.8) is 0 Å². The van der Waals surface area contributed by atoms with Gasteiger partial charge < -0.3 is 23.9 Å². The number of β-amino-alcohol motifs (C(OH)–C–C–N with tert-alkyl or cyclic N) is 1. The predicted molar refractivity (Wildman–Crippen MR) is 126 cm³/mol. The van der Waals surface area contributed by atoms with E-state index in [1.807, 2.05) is 18.2 Å². The molecule has 0 amide bonds. The van der Waals surface area contributed by atoms with Crippen LogP contribution in [0.3, 0.4) is 0 Å². The molecule has 0 saturated carbocycles. The predicted octanol–water partition coefficient (Wildman–Crippen LogP) is 4.69. The number of ether oxygens (including phenoxy) is 2. The molecular formula is C25H28ClNO5. The Kier molecular flexibility index (Phi) is 6.74. The van der Waals surface area contributed by atoms with Crippen LogP contribution in [0.2, 0.25) is 5.02 Å². The molecule has 1 aromatic heterocycles. The van der Waals surface area contributed by atoms with Crippen molar-refractivity contribution >= 4 is 22.6 Å². The molecule has 1 unspecified atom stereocenters. The molecule has 7 heteroatoms. The number of hydrogen-bond acceptors (Lipinski definition) is 6. The summed E-state index contributed by atoms with van der Waals surface area (Å²) in [7, 11) is 3.08. The van der Waals surface area contributed by atoms with Crippen molar-refractivity contribution in [1.82, 2.24) is 4.90 Å². The number of aliphatic hydroxyl groups excluding tert-OH is 1. The van der Waals surface area contributed by atoms with Crippen LogP contribution in [0.4, 0.5) is 0 Å². The largest absolute Gasteiger partial charge is 0.496 e. The molecule has 170 valence electrons. The van der Waals surface area contributed by atoms with Gasteiger partial charge in [-0.05, 0) is 38.1 Å². The van der Waals surface area contributed by atoms with Gasteiger partial charge in [-0.1, -0.05) is 30.7 Å². The van der Waals surface area contributed by atoms with E-state index in [4.69, 9.17) is 25.5 Å². The molecule has 3 aromatic rings. The smallest absolute Gasteiger partial charge is 0.197 e. The Morgan fingerprint density at radius 2 is 1.94 bits per heavy atom. The highest BCUT2D eigenvalue weighted by Crippen LogP contribution is 2.43. The number of rotatable bonds is 6. The second-order valence-electron chi connectivity index (χ2n) is 8.12. The van der Waals surface area contributed by atoms with E-state index in [0.29, 0.717) is 50.9 Å². The average Bonchev–Trinajstić information content (AvgIpc) is 2.79. The maximum Gasteiger partial charge on any atom is 0.197 e. The molecule has 2 atom stereocenters. The van der Waals surface area contributed by atoms with E-state index < -0.39 is 6.10 Å². The van der Waals surface area contributed by atoms with Gasteiger partial charge in [0, 0.05) is 35.7 Å². The minimum atomic E-state index is -0.616. The zero-order chi connectivity index (χ0) is 22.8. The molecule has 2 aromatic carbocycles. The molecule has 2 heterocycles. The summed E-state index contributed by atoms with van der Waals surface area (Å²) in [4.78, 5) is 15.5. The van der Waals surface area contributed by atoms with Crippen LogP contribution in [-0.2, 0) is 0 Å². The zero-order valence-corrected chi connectivity index (χ0v) is 19.3. The molecule has 1 N–H and O–H groups in total. The number of fused-ring (bicyclic) bond motifs is 1. The SMILES string of the molecule is CCCN1CCC(c2c(OC)cc(OC)c3c(=O)cc(-c4ccccc4Cl)oc23)[C@H](O)C1. The molecule has 1 fully saturated rings. The number of likely N-dealkylation sites (tertiary alicyclic amines) is 1. The molecule has 0 radical (unpaired) electrons. The summed E-state index contributed by atoms with van der Waals surface area (Å²) < 4.78 is 17.5. The Bertz CT molecular complexity index is 1170. The van der Waals surface area contributed by atoms with E-state index in [9.17, 15) is 9.90 Å². The van der Waals surface area contributed by atoms with E-state index in [-0.39, 0.29) is 11.3 Å². The van der Waals surface area contributed by atoms with Crippen LogP contribution < -0.4 is 14.9 Å². The first-order chi connectivity index (χ1) is 15.5. The summed E-state index contributed by atoms with van der Waals surface area (Å²) in [6.45, 7) is 4.48. The minimum absolute atomic E-state index is 0.236. The molecule has 0 aliphatic carbocycles. The van der Waals surface area contributed by atoms with Gasteiger partial charge in [0.05, 0.1) is 25.3 Å². The molecule has 1 saturated heterocycles. The third kappa shape index (κ3) is 4.10. The first-order valence-corrected chi connectivity index (χ1v) is 11.2. The summed E-state index contributed by atoms with van der Waals surface area (Å²) in [5.74, 6) is 1.03. The third-order valence-electron chi connectivity index (χ3n) is 6.12. The highest BCUT2D eigenvalue weighted by Gasteiger charge is 2.34. The highest BCUT2D eigenvalue weighted by atomic mass is 35.5. The molecule has 32 heavy (non-hydrogen) atoms. The van der Waals surface area contributed by atoms with E-state index in [1.165, 1.54) is 13.2 Å². The molecule has 0 spiro atoms. The van der Waals surface area contributed by atoms with Crippen molar-refractivity contribution in [1.29, 1.82) is 0 Å². The lowest BCUT2D eigenvalue weighted by Crippen LogP contribution is -2.43. The highest BCUT2D eigenvalue weighted by molar-refractivity contribution is 6.33. The summed E-state index contributed by atoms with van der Waals surface area (Å²) in [5.41, 5.74) is 1.45. The fourth-order valence-electron chi connectivity index (χ4n) is 4.63. The number of benzene rings is 2. The van der Waals surface area contributed by atoms with Gasteiger partial charge in [0.25, 0.3) is 0 Å². The number of methoxy groups -OCH3 is 2. The van der Waals surface area contributed by atoms with Crippen LogP contribution in [0.5, 0.6) is 11.5 Å². The molecule has 0 bridgehead atoms. The zero-order valence-electron chi connectivity index (χ0n) is 18.6. The Labute approximate surface area is 192 Å². The van der Waals surface area contributed by atoms with Gasteiger partial charge in [0.2, 0.25) is 0 Å². The second-order valence-corrected chi connectivity index (χ2v) is 8.52. The van der Waals surface area contributed by atoms with Crippen molar-refractivity contribution in [2.75, 3.05) is 33.9 Å². The van der Waals surface area contributed by atoms with E-state index >= 15 is 0 Å². The Morgan fingerprint density at radius 1 is 1.19 bits per heavy atom. The lowest BCUT2D eigenvalue weighted by Gasteiger charge is -2.36. The standard InChI is InChI=1S/C25H28ClNO5/c1-4-10-27-11-9-16(19(29)14-27)23-21(30-2)13-22(31-3)24-18(28)12-20(32-25(23)24)15-7-5-6-8-17(15)26/h5-8,12-13,16,19,29H,4,9-11,14H2,1-3H3/t16?,19-/m1/s1. The maximum absolute atomic E-state index is 13.2. The normalized spacial score (nSPS) is 19.3. The van der Waals surface area contributed by atoms with Gasteiger partial charge >= 0.3 is 0 Å². The maximum atomic E-state index is 13.2. The third-order valence-corrected chi connectivity index (χ3v) is 6.45. The van der Waals surface area contributed by atoms with Crippen LogP contribution in [0.1, 0.15) is 31.2 Å². The van der Waals surface area contributed by atoms with E-state index in [1.54, 1.807) is 19.2 Å². The Morgan fingerprint density at radius 3 is 2.59 bits per heavy atom. The summed E-state index contributed by atoms with van der Waals surface area (Å²) in [6, 6.07) is 10.4. The van der Waals surface area contributed by atoms with Crippen LogP contribution in [-0.4, -0.2) is 50.0 Å². The number of aliphatic hydroxyl groups is 1. The Balaban J connectivity index is 1.95. The first kappa shape index (κ1) is 22.6. The van der Waals surface area contributed by atoms with Gasteiger partial charge in [-0.2, -0.15) is 0 Å². The summed E-state index contributed by atoms with van der Waals surface area (Å²) in [6.07, 6.45) is 1.14. The van der Waals surface area contributed by atoms with Crippen molar-refractivity contribution in [2.45, 2.75) is 31.8 Å². The number of hydrogen-bond donors (Lipinski definition) is 1. The first-order valence-electron chi connectivity index (χ1n) is 10.9. The van der Waals surface area contributed by atoms with Gasteiger partial charge in [0.15, 0.2) is 5.43 Å². The molecule has 1 aliphatic rings. The second kappa shape index (κ2) is 9.53. The lowest BCUT2D eigenvalue weighted by molar-refractivity contribution is 0.0508. The van der Waals surface area contributed by atoms with Crippen molar-refractivity contribution in [3.05, 3.63) is 57.2 Å². The fourth-order valence-corrected chi connectivity index (χ4v) is 4.85. The quantitative estimate of drug-likeness (QED) is 0.579. The van der Waals surface area contributed by atoms with Crippen LogP contribution >= 0.6 is 11.6 Å². The monoisotopic (exact) mass is 457 g/mol. The fraction of sp³-hybridized carbons (Fsp3) is 0.400. The molecule has 6 nitrogen and oxygen atoms in total. The van der Waals surface area contributed by atoms with E-state index in [0.717, 1.165) is 25.9 Å². The van der Waals surface area contributed by atoms with Gasteiger partial charge in [-0.25, -0.2) is 0 Å². The summed E-state index contributed by atoms with van der Waals surface area (Å²) in [5, 5.41) is 11.9. The van der Waals surface area contributed by atoms with Crippen molar-refractivity contribution < 1.29 is 19.0 Å².